The molecule has 0 bridgehead atoms. The van der Waals surface area contributed by atoms with Crippen molar-refractivity contribution < 1.29 is 9.26 Å². The van der Waals surface area contributed by atoms with E-state index in [4.69, 9.17) is 9.26 Å². The Morgan fingerprint density at radius 3 is 2.84 bits per heavy atom. The fourth-order valence-electron chi connectivity index (χ4n) is 3.25. The van der Waals surface area contributed by atoms with Gasteiger partial charge in [0.25, 0.3) is 0 Å². The molecular weight excluding hydrogens is 242 g/mol. The molecule has 1 aromatic rings. The molecule has 3 atom stereocenters. The number of aromatic nitrogens is 2. The summed E-state index contributed by atoms with van der Waals surface area (Å²) in [7, 11) is 2.03. The Bertz CT molecular complexity index is 401. The summed E-state index contributed by atoms with van der Waals surface area (Å²) in [6.07, 6.45) is 7.22. The molecular formula is C14H23N3O2. The lowest BCUT2D eigenvalue weighted by molar-refractivity contribution is 0.192. The van der Waals surface area contributed by atoms with Gasteiger partial charge < -0.3 is 14.6 Å². The highest BCUT2D eigenvalue weighted by Gasteiger charge is 2.30. The predicted octanol–water partition coefficient (Wildman–Crippen LogP) is 2.21. The highest BCUT2D eigenvalue weighted by molar-refractivity contribution is 5.04. The molecule has 0 amide bonds. The van der Waals surface area contributed by atoms with Crippen molar-refractivity contribution >= 4 is 0 Å². The molecule has 106 valence electrons. The normalized spacial score (nSPS) is 32.4. The van der Waals surface area contributed by atoms with Gasteiger partial charge in [0.15, 0.2) is 5.82 Å². The van der Waals surface area contributed by atoms with Crippen LogP contribution in [0.1, 0.15) is 62.1 Å². The van der Waals surface area contributed by atoms with Crippen molar-refractivity contribution in [3.8, 4) is 0 Å². The molecule has 0 spiro atoms. The van der Waals surface area contributed by atoms with Crippen LogP contribution in [-0.2, 0) is 4.74 Å². The smallest absolute Gasteiger partial charge is 0.231 e. The average molecular weight is 265 g/mol. The van der Waals surface area contributed by atoms with E-state index in [-0.39, 0.29) is 0 Å². The highest BCUT2D eigenvalue weighted by atomic mass is 16.5. The van der Waals surface area contributed by atoms with Crippen molar-refractivity contribution in [1.82, 2.24) is 15.5 Å². The Hall–Kier alpha value is -0.940. The first-order chi connectivity index (χ1) is 9.38. The number of nitrogens with zero attached hydrogens (tertiary/aromatic N) is 2. The Labute approximate surface area is 114 Å². The second-order valence-corrected chi connectivity index (χ2v) is 5.69. The number of hydrogen-bond donors (Lipinski definition) is 1. The van der Waals surface area contributed by atoms with Crippen LogP contribution in [0, 0.1) is 0 Å². The lowest BCUT2D eigenvalue weighted by Gasteiger charge is -2.21. The number of ether oxygens (including phenoxy) is 1. The molecule has 2 aliphatic rings. The Kier molecular flexibility index (Phi) is 4.13. The molecule has 5 heteroatoms. The number of rotatable bonds is 3. The van der Waals surface area contributed by atoms with E-state index in [0.717, 1.165) is 37.8 Å². The molecule has 3 rings (SSSR count). The minimum absolute atomic E-state index is 0.330. The van der Waals surface area contributed by atoms with Crippen molar-refractivity contribution in [3.63, 3.8) is 0 Å². The van der Waals surface area contributed by atoms with Gasteiger partial charge in [0.1, 0.15) is 0 Å². The third-order valence-corrected chi connectivity index (χ3v) is 4.46. The van der Waals surface area contributed by atoms with Crippen LogP contribution in [0.4, 0.5) is 0 Å². The maximum atomic E-state index is 5.55. The van der Waals surface area contributed by atoms with Crippen molar-refractivity contribution in [2.75, 3.05) is 20.3 Å². The van der Waals surface area contributed by atoms with E-state index in [0.29, 0.717) is 17.9 Å². The van der Waals surface area contributed by atoms with Gasteiger partial charge in [-0.05, 0) is 26.3 Å². The zero-order valence-electron chi connectivity index (χ0n) is 11.6. The molecule has 1 aliphatic carbocycles. The van der Waals surface area contributed by atoms with Crippen LogP contribution in [0.5, 0.6) is 0 Å². The summed E-state index contributed by atoms with van der Waals surface area (Å²) in [6, 6.07) is 0.468. The van der Waals surface area contributed by atoms with Gasteiger partial charge in [-0.3, -0.25) is 0 Å². The SMILES string of the molecule is CNC1CCCCCC1c1nc(C2CCOC2)no1. The zero-order chi connectivity index (χ0) is 13.1. The van der Waals surface area contributed by atoms with Gasteiger partial charge in [0.2, 0.25) is 5.89 Å². The molecule has 1 saturated heterocycles. The van der Waals surface area contributed by atoms with E-state index in [1.165, 1.54) is 25.7 Å². The zero-order valence-corrected chi connectivity index (χ0v) is 11.6. The molecule has 1 saturated carbocycles. The Morgan fingerprint density at radius 1 is 1.16 bits per heavy atom. The summed E-state index contributed by atoms with van der Waals surface area (Å²) < 4.78 is 10.9. The molecule has 5 nitrogen and oxygen atoms in total. The molecule has 0 aromatic carbocycles. The minimum Gasteiger partial charge on any atom is -0.381 e. The fraction of sp³-hybridized carbons (Fsp3) is 0.857. The highest BCUT2D eigenvalue weighted by Crippen LogP contribution is 2.32. The van der Waals surface area contributed by atoms with Gasteiger partial charge in [-0.15, -0.1) is 0 Å². The van der Waals surface area contributed by atoms with Crippen LogP contribution in [0.25, 0.3) is 0 Å². The first-order valence-corrected chi connectivity index (χ1v) is 7.47. The summed E-state index contributed by atoms with van der Waals surface area (Å²) >= 11 is 0. The van der Waals surface area contributed by atoms with Crippen LogP contribution < -0.4 is 5.32 Å². The molecule has 0 radical (unpaired) electrons. The van der Waals surface area contributed by atoms with Gasteiger partial charge in [-0.1, -0.05) is 24.4 Å². The second kappa shape index (κ2) is 6.01. The van der Waals surface area contributed by atoms with Gasteiger partial charge in [-0.25, -0.2) is 0 Å². The van der Waals surface area contributed by atoms with Crippen LogP contribution in [0.15, 0.2) is 4.52 Å². The molecule has 1 aromatic heterocycles. The Morgan fingerprint density at radius 2 is 2.05 bits per heavy atom. The molecule has 1 N–H and O–H groups in total. The van der Waals surface area contributed by atoms with Crippen LogP contribution in [0.2, 0.25) is 0 Å². The lowest BCUT2D eigenvalue weighted by atomic mass is 9.95. The Balaban J connectivity index is 1.75. The molecule has 2 heterocycles. The number of hydrogen-bond acceptors (Lipinski definition) is 5. The van der Waals surface area contributed by atoms with E-state index in [2.05, 4.69) is 15.5 Å². The minimum atomic E-state index is 0.330. The number of likely N-dealkylation sites (N-methyl/N-ethyl adjacent to an activating group) is 1. The third kappa shape index (κ3) is 2.82. The van der Waals surface area contributed by atoms with Gasteiger partial charge in [-0.2, -0.15) is 4.98 Å². The maximum absolute atomic E-state index is 5.55. The summed E-state index contributed by atoms with van der Waals surface area (Å²) in [5, 5.41) is 7.60. The van der Waals surface area contributed by atoms with E-state index < -0.39 is 0 Å². The van der Waals surface area contributed by atoms with Crippen molar-refractivity contribution in [1.29, 1.82) is 0 Å². The standard InChI is InChI=1S/C14H23N3O2/c1-15-12-6-4-2-3-5-11(12)14-16-13(17-19-14)10-7-8-18-9-10/h10-12,15H,2-9H2,1H3. The van der Waals surface area contributed by atoms with E-state index in [1.807, 2.05) is 7.05 Å². The lowest BCUT2D eigenvalue weighted by Crippen LogP contribution is -2.31. The second-order valence-electron chi connectivity index (χ2n) is 5.69. The van der Waals surface area contributed by atoms with E-state index in [9.17, 15) is 0 Å². The molecule has 2 fully saturated rings. The van der Waals surface area contributed by atoms with Crippen molar-refractivity contribution in [3.05, 3.63) is 11.7 Å². The van der Waals surface area contributed by atoms with Crippen molar-refractivity contribution in [2.24, 2.45) is 0 Å². The van der Waals surface area contributed by atoms with Crippen LogP contribution in [0.3, 0.4) is 0 Å². The maximum Gasteiger partial charge on any atom is 0.231 e. The predicted molar refractivity (Wildman–Crippen MR) is 71.1 cm³/mol. The van der Waals surface area contributed by atoms with Gasteiger partial charge >= 0.3 is 0 Å². The van der Waals surface area contributed by atoms with Gasteiger partial charge in [0, 0.05) is 18.6 Å². The largest absolute Gasteiger partial charge is 0.381 e. The first kappa shape index (κ1) is 13.1. The first-order valence-electron chi connectivity index (χ1n) is 7.47. The summed E-state index contributed by atoms with van der Waals surface area (Å²) in [6.45, 7) is 1.55. The quantitative estimate of drug-likeness (QED) is 0.849. The molecule has 19 heavy (non-hydrogen) atoms. The van der Waals surface area contributed by atoms with E-state index in [1.54, 1.807) is 0 Å². The van der Waals surface area contributed by atoms with Crippen LogP contribution >= 0.6 is 0 Å². The molecule has 3 unspecified atom stereocenters. The summed E-state index contributed by atoms with van der Waals surface area (Å²) in [4.78, 5) is 4.66. The average Bonchev–Trinajstić information content (AvgIpc) is 3.05. The topological polar surface area (TPSA) is 60.2 Å². The summed E-state index contributed by atoms with van der Waals surface area (Å²) in [5.74, 6) is 2.36. The third-order valence-electron chi connectivity index (χ3n) is 4.46. The fourth-order valence-corrected chi connectivity index (χ4v) is 3.25. The van der Waals surface area contributed by atoms with Gasteiger partial charge in [0.05, 0.1) is 12.5 Å². The molecule has 1 aliphatic heterocycles. The summed E-state index contributed by atoms with van der Waals surface area (Å²) in [5.41, 5.74) is 0. The number of nitrogens with one attached hydrogen (secondary N) is 1. The van der Waals surface area contributed by atoms with Crippen molar-refractivity contribution in [2.45, 2.75) is 56.4 Å². The monoisotopic (exact) mass is 265 g/mol. The van der Waals surface area contributed by atoms with E-state index >= 15 is 0 Å². The van der Waals surface area contributed by atoms with Crippen LogP contribution in [-0.4, -0.2) is 36.4 Å².